The van der Waals surface area contributed by atoms with Crippen molar-refractivity contribution in [3.05, 3.63) is 42.0 Å². The van der Waals surface area contributed by atoms with Crippen LogP contribution >= 0.6 is 11.8 Å². The van der Waals surface area contributed by atoms with Crippen LogP contribution in [0.4, 0.5) is 0 Å². The Kier molecular flexibility index (Phi) is 5.94. The molecule has 0 N–H and O–H groups in total. The van der Waals surface area contributed by atoms with Gasteiger partial charge in [0.25, 0.3) is 5.78 Å². The smallest absolute Gasteiger partial charge is 0.256 e. The Morgan fingerprint density at radius 1 is 1.39 bits per heavy atom. The van der Waals surface area contributed by atoms with Gasteiger partial charge in [-0.2, -0.15) is 9.50 Å². The van der Waals surface area contributed by atoms with E-state index in [0.717, 1.165) is 31.1 Å². The first-order valence-corrected chi connectivity index (χ1v) is 10.4. The summed E-state index contributed by atoms with van der Waals surface area (Å²) in [4.78, 5) is 11.1. The third-order valence-corrected chi connectivity index (χ3v) is 4.94. The van der Waals surface area contributed by atoms with E-state index in [2.05, 4.69) is 26.0 Å². The van der Waals surface area contributed by atoms with E-state index in [1.165, 1.54) is 11.8 Å². The first kappa shape index (κ1) is 19.0. The van der Waals surface area contributed by atoms with Crippen molar-refractivity contribution < 1.29 is 13.9 Å². The maximum absolute atomic E-state index is 6.04. The molecule has 0 aliphatic carbocycles. The molecule has 4 rings (SSSR count). The number of hydrogen-bond acceptors (Lipinski definition) is 8. The predicted octanol–water partition coefficient (Wildman–Crippen LogP) is 2.54. The minimum Gasteiger partial charge on any atom is -0.475 e. The van der Waals surface area contributed by atoms with Crippen molar-refractivity contribution in [3.63, 3.8) is 0 Å². The number of morpholine rings is 1. The molecule has 1 atom stereocenters. The van der Waals surface area contributed by atoms with Crippen LogP contribution in [0.25, 0.3) is 11.9 Å². The van der Waals surface area contributed by atoms with Crippen LogP contribution in [0.5, 0.6) is 5.88 Å². The van der Waals surface area contributed by atoms with Crippen LogP contribution in [-0.4, -0.2) is 69.7 Å². The first-order chi connectivity index (χ1) is 13.7. The van der Waals surface area contributed by atoms with Gasteiger partial charge in [-0.3, -0.25) is 4.90 Å². The fourth-order valence-corrected chi connectivity index (χ4v) is 3.39. The number of fused-ring (bicyclic) bond motifs is 1. The quantitative estimate of drug-likeness (QED) is 0.559. The van der Waals surface area contributed by atoms with Crippen LogP contribution < -0.4 is 4.74 Å². The summed E-state index contributed by atoms with van der Waals surface area (Å²) in [6.07, 6.45) is 7.71. The number of hydrogen-bond donors (Lipinski definition) is 0. The molecule has 1 aliphatic rings. The summed E-state index contributed by atoms with van der Waals surface area (Å²) in [5.41, 5.74) is 0.844. The normalized spacial score (nSPS) is 18.3. The molecular formula is C19H23N5O3S. The zero-order chi connectivity index (χ0) is 19.3. The van der Waals surface area contributed by atoms with E-state index < -0.39 is 0 Å². The second-order valence-corrected chi connectivity index (χ2v) is 7.30. The fourth-order valence-electron chi connectivity index (χ4n) is 3.05. The monoisotopic (exact) mass is 401 g/mol. The molecule has 0 amide bonds. The second-order valence-electron chi connectivity index (χ2n) is 6.53. The van der Waals surface area contributed by atoms with E-state index in [1.54, 1.807) is 10.8 Å². The zero-order valence-corrected chi connectivity index (χ0v) is 16.8. The van der Waals surface area contributed by atoms with Crippen molar-refractivity contribution in [3.8, 4) is 5.88 Å². The van der Waals surface area contributed by atoms with Gasteiger partial charge in [0.2, 0.25) is 11.0 Å². The molecule has 0 aromatic carbocycles. The summed E-state index contributed by atoms with van der Waals surface area (Å²) in [7, 11) is 0. The number of rotatable bonds is 7. The molecule has 9 heteroatoms. The van der Waals surface area contributed by atoms with Gasteiger partial charge < -0.3 is 13.9 Å². The van der Waals surface area contributed by atoms with Gasteiger partial charge in [0, 0.05) is 31.4 Å². The van der Waals surface area contributed by atoms with Gasteiger partial charge in [-0.1, -0.05) is 17.8 Å². The summed E-state index contributed by atoms with van der Waals surface area (Å²) < 4.78 is 18.9. The third kappa shape index (κ3) is 4.54. The minimum absolute atomic E-state index is 0.00201. The summed E-state index contributed by atoms with van der Waals surface area (Å²) in [5, 5.41) is 5.10. The third-order valence-electron chi connectivity index (χ3n) is 4.40. The highest BCUT2D eigenvalue weighted by Gasteiger charge is 2.21. The largest absolute Gasteiger partial charge is 0.475 e. The minimum atomic E-state index is -0.00201. The summed E-state index contributed by atoms with van der Waals surface area (Å²) in [5.74, 6) is 2.05. The average Bonchev–Trinajstić information content (AvgIpc) is 3.36. The van der Waals surface area contributed by atoms with Crippen LogP contribution in [0, 0.1) is 6.92 Å². The van der Waals surface area contributed by atoms with E-state index in [1.807, 2.05) is 37.5 Å². The van der Waals surface area contributed by atoms with E-state index in [-0.39, 0.29) is 6.10 Å². The van der Waals surface area contributed by atoms with Crippen LogP contribution in [0.1, 0.15) is 11.5 Å². The van der Waals surface area contributed by atoms with Gasteiger partial charge in [0.1, 0.15) is 18.5 Å². The number of ether oxygens (including phenoxy) is 2. The van der Waals surface area contributed by atoms with Gasteiger partial charge in [0.15, 0.2) is 0 Å². The standard InChI is InChI=1S/C19H23N5O3S/c1-14-11-17(24-18(20-14)21-19(22-24)28-2)27-13-16-12-23(8-10-26-16)7-3-5-15-6-4-9-25-15/h3-6,9,11,16H,7-8,10,12-13H2,1-2H3/b5-3-. The van der Waals surface area contributed by atoms with Gasteiger partial charge in [-0.05, 0) is 31.4 Å². The number of aromatic nitrogens is 4. The molecule has 1 saturated heterocycles. The molecule has 1 aliphatic heterocycles. The van der Waals surface area contributed by atoms with Crippen molar-refractivity contribution in [2.24, 2.45) is 0 Å². The summed E-state index contributed by atoms with van der Waals surface area (Å²) in [6.45, 7) is 5.61. The molecule has 1 fully saturated rings. The van der Waals surface area contributed by atoms with Crippen LogP contribution in [-0.2, 0) is 4.74 Å². The molecule has 28 heavy (non-hydrogen) atoms. The Labute approximate surface area is 167 Å². The Bertz CT molecular complexity index is 941. The number of nitrogens with zero attached hydrogens (tertiary/aromatic N) is 5. The van der Waals surface area contributed by atoms with E-state index in [9.17, 15) is 0 Å². The van der Waals surface area contributed by atoms with Crippen molar-refractivity contribution in [2.75, 3.05) is 39.1 Å². The summed E-state index contributed by atoms with van der Waals surface area (Å²) >= 11 is 1.48. The Hall–Kier alpha value is -2.36. The van der Waals surface area contributed by atoms with Gasteiger partial charge >= 0.3 is 0 Å². The van der Waals surface area contributed by atoms with E-state index in [0.29, 0.717) is 30.0 Å². The second kappa shape index (κ2) is 8.76. The van der Waals surface area contributed by atoms with Crippen molar-refractivity contribution >= 4 is 23.6 Å². The van der Waals surface area contributed by atoms with Gasteiger partial charge in [0.05, 0.1) is 12.9 Å². The van der Waals surface area contributed by atoms with Gasteiger partial charge in [-0.25, -0.2) is 4.98 Å². The van der Waals surface area contributed by atoms with Crippen LogP contribution in [0.2, 0.25) is 0 Å². The molecule has 8 nitrogen and oxygen atoms in total. The molecule has 1 unspecified atom stereocenters. The molecule has 0 saturated carbocycles. The fraction of sp³-hybridized carbons (Fsp3) is 0.421. The Balaban J connectivity index is 1.35. The average molecular weight is 401 g/mol. The number of furan rings is 1. The molecule has 148 valence electrons. The topological polar surface area (TPSA) is 77.9 Å². The highest BCUT2D eigenvalue weighted by atomic mass is 32.2. The number of aryl methyl sites for hydroxylation is 1. The highest BCUT2D eigenvalue weighted by Crippen LogP contribution is 2.18. The first-order valence-electron chi connectivity index (χ1n) is 9.16. The van der Waals surface area contributed by atoms with Crippen LogP contribution in [0.3, 0.4) is 0 Å². The lowest BCUT2D eigenvalue weighted by Gasteiger charge is -2.32. The molecule has 0 bridgehead atoms. The zero-order valence-electron chi connectivity index (χ0n) is 15.9. The summed E-state index contributed by atoms with van der Waals surface area (Å²) in [6, 6.07) is 5.70. The lowest BCUT2D eigenvalue weighted by atomic mass is 10.2. The van der Waals surface area contributed by atoms with Crippen LogP contribution in [0.15, 0.2) is 40.1 Å². The predicted molar refractivity (Wildman–Crippen MR) is 107 cm³/mol. The lowest BCUT2D eigenvalue weighted by Crippen LogP contribution is -2.45. The molecule has 0 spiro atoms. The highest BCUT2D eigenvalue weighted by molar-refractivity contribution is 7.98. The molecule has 3 aromatic heterocycles. The Morgan fingerprint density at radius 2 is 2.32 bits per heavy atom. The van der Waals surface area contributed by atoms with Crippen molar-refractivity contribution in [2.45, 2.75) is 18.2 Å². The van der Waals surface area contributed by atoms with Crippen molar-refractivity contribution in [1.29, 1.82) is 0 Å². The molecular weight excluding hydrogens is 378 g/mol. The Morgan fingerprint density at radius 3 is 3.14 bits per heavy atom. The maximum atomic E-state index is 6.04. The molecule has 4 heterocycles. The van der Waals surface area contributed by atoms with Crippen molar-refractivity contribution in [1.82, 2.24) is 24.5 Å². The number of thioether (sulfide) groups is 1. The van der Waals surface area contributed by atoms with Gasteiger partial charge in [-0.15, -0.1) is 5.10 Å². The van der Waals surface area contributed by atoms with E-state index in [4.69, 9.17) is 13.9 Å². The maximum Gasteiger partial charge on any atom is 0.256 e. The lowest BCUT2D eigenvalue weighted by molar-refractivity contribution is -0.0455. The SMILES string of the molecule is CSc1nc2nc(C)cc(OCC3CN(C/C=C\c4ccco4)CCO3)n2n1. The molecule has 0 radical (unpaired) electrons. The molecule has 3 aromatic rings. The van der Waals surface area contributed by atoms with E-state index >= 15 is 0 Å².